The average molecular weight is 512 g/mol. The highest BCUT2D eigenvalue weighted by atomic mass is 35.5. The van der Waals surface area contributed by atoms with Gasteiger partial charge in [0.2, 0.25) is 0 Å². The van der Waals surface area contributed by atoms with Crippen LogP contribution in [0.25, 0.3) is 33.4 Å². The normalized spacial score (nSPS) is 19.4. The minimum atomic E-state index is 0.0976. The topological polar surface area (TPSA) is 113 Å². The van der Waals surface area contributed by atoms with Crippen molar-refractivity contribution in [3.63, 3.8) is 0 Å². The standard InChI is InChI=1S/C28H26ClN7O/c1-16-8-18(10-20(29)9-16)22-14-35-28-21(27(22)36-6-3-23-24(15-36)37-7-5-32-23)11-19(13-34-28)26-25(31)17(12-30)2-4-33-26/h2,4,8-11,13-14,23-24,32H,3,5-7,15,31H2,1H3/t23-,24-/m0/s1. The van der Waals surface area contributed by atoms with Gasteiger partial charge in [0.1, 0.15) is 6.07 Å². The van der Waals surface area contributed by atoms with Crippen LogP contribution in [0, 0.1) is 18.3 Å². The molecule has 5 heterocycles. The fourth-order valence-corrected chi connectivity index (χ4v) is 5.71. The lowest BCUT2D eigenvalue weighted by molar-refractivity contribution is -0.00896. The Labute approximate surface area is 220 Å². The maximum atomic E-state index is 9.46. The summed E-state index contributed by atoms with van der Waals surface area (Å²) in [4.78, 5) is 16.2. The number of aryl methyl sites for hydroxylation is 1. The Hall–Kier alpha value is -3.77. The van der Waals surface area contributed by atoms with Crippen molar-refractivity contribution in [3.8, 4) is 28.5 Å². The number of rotatable bonds is 3. The number of nitrogens with two attached hydrogens (primary N) is 1. The number of piperidine rings is 1. The molecule has 0 bridgehead atoms. The van der Waals surface area contributed by atoms with Crippen LogP contribution in [-0.2, 0) is 4.74 Å². The molecule has 186 valence electrons. The first-order chi connectivity index (χ1) is 18.0. The van der Waals surface area contributed by atoms with Gasteiger partial charge in [-0.1, -0.05) is 17.7 Å². The first-order valence-electron chi connectivity index (χ1n) is 12.3. The van der Waals surface area contributed by atoms with Crippen molar-refractivity contribution in [2.45, 2.75) is 25.5 Å². The molecule has 3 N–H and O–H groups in total. The van der Waals surface area contributed by atoms with Crippen molar-refractivity contribution >= 4 is 34.0 Å². The predicted molar refractivity (Wildman–Crippen MR) is 145 cm³/mol. The van der Waals surface area contributed by atoms with Crippen molar-refractivity contribution in [2.24, 2.45) is 0 Å². The van der Waals surface area contributed by atoms with Crippen LogP contribution in [0.2, 0.25) is 5.02 Å². The fourth-order valence-electron chi connectivity index (χ4n) is 5.42. The zero-order chi connectivity index (χ0) is 25.5. The third-order valence-corrected chi connectivity index (χ3v) is 7.36. The molecular weight excluding hydrogens is 486 g/mol. The molecule has 0 aliphatic carbocycles. The fraction of sp³-hybridized carbons (Fsp3) is 0.286. The van der Waals surface area contributed by atoms with Crippen molar-refractivity contribution < 1.29 is 4.74 Å². The SMILES string of the molecule is Cc1cc(Cl)cc(-c2cnc3ncc(-c4nccc(C#N)c4N)cc3c2N2CC[C@@H]3NCCO[C@H]3C2)c1. The van der Waals surface area contributed by atoms with E-state index >= 15 is 0 Å². The molecule has 0 amide bonds. The van der Waals surface area contributed by atoms with E-state index in [0.29, 0.717) is 40.3 Å². The summed E-state index contributed by atoms with van der Waals surface area (Å²) in [5.74, 6) is 0. The Morgan fingerprint density at radius 1 is 1.16 bits per heavy atom. The van der Waals surface area contributed by atoms with Crippen LogP contribution in [0.5, 0.6) is 0 Å². The highest BCUT2D eigenvalue weighted by Gasteiger charge is 2.33. The van der Waals surface area contributed by atoms with Crippen molar-refractivity contribution in [3.05, 3.63) is 65.1 Å². The number of benzene rings is 1. The Morgan fingerprint density at radius 2 is 2.03 bits per heavy atom. The second-order valence-electron chi connectivity index (χ2n) is 9.57. The van der Waals surface area contributed by atoms with Crippen molar-refractivity contribution in [1.82, 2.24) is 20.3 Å². The molecule has 2 aliphatic rings. The number of aromatic nitrogens is 3. The molecule has 37 heavy (non-hydrogen) atoms. The van der Waals surface area contributed by atoms with Gasteiger partial charge in [-0.3, -0.25) is 4.98 Å². The molecule has 4 aromatic rings. The minimum absolute atomic E-state index is 0.0976. The third kappa shape index (κ3) is 4.36. The molecule has 0 saturated carbocycles. The van der Waals surface area contributed by atoms with Crippen LogP contribution in [0.4, 0.5) is 11.4 Å². The van der Waals surface area contributed by atoms with Gasteiger partial charge in [-0.15, -0.1) is 0 Å². The number of halogens is 1. The zero-order valence-electron chi connectivity index (χ0n) is 20.4. The number of hydrogen-bond donors (Lipinski definition) is 2. The van der Waals surface area contributed by atoms with Gasteiger partial charge < -0.3 is 20.7 Å². The second kappa shape index (κ2) is 9.60. The molecule has 2 saturated heterocycles. The maximum Gasteiger partial charge on any atom is 0.161 e. The minimum Gasteiger partial charge on any atom is -0.396 e. The van der Waals surface area contributed by atoms with Crippen LogP contribution in [0.3, 0.4) is 0 Å². The molecule has 0 unspecified atom stereocenters. The average Bonchev–Trinajstić information content (AvgIpc) is 2.91. The van der Waals surface area contributed by atoms with E-state index in [-0.39, 0.29) is 6.10 Å². The van der Waals surface area contributed by atoms with Crippen molar-refractivity contribution in [1.29, 1.82) is 5.26 Å². The number of hydrogen-bond acceptors (Lipinski definition) is 8. The molecule has 9 heteroatoms. The molecule has 3 aromatic heterocycles. The molecule has 1 aromatic carbocycles. The Bertz CT molecular complexity index is 1530. The number of nitrogens with one attached hydrogen (secondary N) is 1. The number of anilines is 2. The molecular formula is C28H26ClN7O. The summed E-state index contributed by atoms with van der Waals surface area (Å²) in [6.45, 7) is 5.23. The lowest BCUT2D eigenvalue weighted by Gasteiger charge is -2.43. The van der Waals surface area contributed by atoms with Gasteiger partial charge in [-0.25, -0.2) is 9.97 Å². The third-order valence-electron chi connectivity index (χ3n) is 7.15. The van der Waals surface area contributed by atoms with E-state index in [9.17, 15) is 5.26 Å². The Balaban J connectivity index is 1.56. The molecule has 8 nitrogen and oxygen atoms in total. The van der Waals surface area contributed by atoms with E-state index in [1.165, 1.54) is 0 Å². The number of nitrogens with zero attached hydrogens (tertiary/aromatic N) is 5. The zero-order valence-corrected chi connectivity index (χ0v) is 21.2. The predicted octanol–water partition coefficient (Wildman–Crippen LogP) is 4.34. The number of nitriles is 1. The summed E-state index contributed by atoms with van der Waals surface area (Å²) in [5.41, 5.74) is 13.0. The number of pyridine rings is 3. The quantitative estimate of drug-likeness (QED) is 0.417. The van der Waals surface area contributed by atoms with E-state index in [1.807, 2.05) is 31.3 Å². The summed E-state index contributed by atoms with van der Waals surface area (Å²) >= 11 is 6.48. The van der Waals surface area contributed by atoms with E-state index in [2.05, 4.69) is 32.3 Å². The van der Waals surface area contributed by atoms with E-state index in [1.54, 1.807) is 18.5 Å². The summed E-state index contributed by atoms with van der Waals surface area (Å²) in [7, 11) is 0. The first-order valence-corrected chi connectivity index (χ1v) is 12.7. The van der Waals surface area contributed by atoms with E-state index < -0.39 is 0 Å². The monoisotopic (exact) mass is 511 g/mol. The van der Waals surface area contributed by atoms with Crippen LogP contribution >= 0.6 is 11.6 Å². The van der Waals surface area contributed by atoms with Crippen LogP contribution in [0.1, 0.15) is 17.5 Å². The van der Waals surface area contributed by atoms with Gasteiger partial charge in [0, 0.05) is 65.8 Å². The highest BCUT2D eigenvalue weighted by molar-refractivity contribution is 6.31. The number of fused-ring (bicyclic) bond motifs is 2. The first kappa shape index (κ1) is 23.6. The molecule has 6 rings (SSSR count). The van der Waals surface area contributed by atoms with Crippen LogP contribution in [-0.4, -0.2) is 53.3 Å². The molecule has 0 radical (unpaired) electrons. The van der Waals surface area contributed by atoms with Crippen molar-refractivity contribution in [2.75, 3.05) is 36.9 Å². The number of morpholine rings is 1. The van der Waals surface area contributed by atoms with Crippen LogP contribution < -0.4 is 16.0 Å². The molecule has 2 aliphatic heterocycles. The Kier molecular flexibility index (Phi) is 6.13. The van der Waals surface area contributed by atoms with Gasteiger partial charge in [0.15, 0.2) is 5.65 Å². The largest absolute Gasteiger partial charge is 0.396 e. The molecule has 2 atom stereocenters. The lowest BCUT2D eigenvalue weighted by Crippen LogP contribution is -2.57. The van der Waals surface area contributed by atoms with Gasteiger partial charge >= 0.3 is 0 Å². The maximum absolute atomic E-state index is 9.46. The van der Waals surface area contributed by atoms with E-state index in [0.717, 1.165) is 59.4 Å². The van der Waals surface area contributed by atoms with Gasteiger partial charge in [0.05, 0.1) is 35.3 Å². The van der Waals surface area contributed by atoms with E-state index in [4.69, 9.17) is 27.1 Å². The van der Waals surface area contributed by atoms with Gasteiger partial charge in [-0.05, 0) is 48.7 Å². The smallest absolute Gasteiger partial charge is 0.161 e. The summed E-state index contributed by atoms with van der Waals surface area (Å²) < 4.78 is 6.15. The second-order valence-corrected chi connectivity index (χ2v) is 10.0. The summed E-state index contributed by atoms with van der Waals surface area (Å²) in [6, 6.07) is 12.2. The summed E-state index contributed by atoms with van der Waals surface area (Å²) in [6.07, 6.45) is 6.25. The highest BCUT2D eigenvalue weighted by Crippen LogP contribution is 2.40. The van der Waals surface area contributed by atoms with Gasteiger partial charge in [0.25, 0.3) is 0 Å². The lowest BCUT2D eigenvalue weighted by atomic mass is 9.95. The van der Waals surface area contributed by atoms with Crippen LogP contribution in [0.15, 0.2) is 48.9 Å². The number of ether oxygens (including phenoxy) is 1. The molecule has 2 fully saturated rings. The Morgan fingerprint density at radius 3 is 2.86 bits per heavy atom. The summed E-state index contributed by atoms with van der Waals surface area (Å²) in [5, 5.41) is 14.6. The number of nitrogen functional groups attached to an aromatic ring is 1. The molecule has 0 spiro atoms. The van der Waals surface area contributed by atoms with Gasteiger partial charge in [-0.2, -0.15) is 5.26 Å².